The second kappa shape index (κ2) is 8.59. The fraction of sp³-hybridized carbons (Fsp3) is 0.316. The number of ether oxygens (including phenoxy) is 1. The maximum Gasteiger partial charge on any atom is 0.219 e. The molecular formula is C19H22ClNO2. The first-order valence-electron chi connectivity index (χ1n) is 7.88. The number of carbonyl (C=O) groups is 1. The highest BCUT2D eigenvalue weighted by atomic mass is 35.5. The minimum atomic E-state index is 0.101. The van der Waals surface area contributed by atoms with Crippen LogP contribution in [-0.4, -0.2) is 12.5 Å². The number of nitrogens with one attached hydrogen (secondary N) is 1. The second-order valence-corrected chi connectivity index (χ2v) is 5.95. The molecule has 0 aliphatic rings. The molecule has 23 heavy (non-hydrogen) atoms. The Kier molecular flexibility index (Phi) is 6.48. The van der Waals surface area contributed by atoms with Gasteiger partial charge in [-0.1, -0.05) is 37.6 Å². The molecule has 4 heteroatoms. The predicted octanol–water partition coefficient (Wildman–Crippen LogP) is 5.15. The van der Waals surface area contributed by atoms with Crippen LogP contribution in [0.4, 0.5) is 0 Å². The van der Waals surface area contributed by atoms with Crippen molar-refractivity contribution in [3.63, 3.8) is 0 Å². The molecule has 2 aromatic rings. The number of amides is 1. The Labute approximate surface area is 142 Å². The Morgan fingerprint density at radius 2 is 1.65 bits per heavy atom. The first-order chi connectivity index (χ1) is 11.1. The van der Waals surface area contributed by atoms with Crippen LogP contribution in [0, 0.1) is 0 Å². The van der Waals surface area contributed by atoms with Crippen LogP contribution in [-0.2, 0) is 4.79 Å². The maximum atomic E-state index is 11.2. The van der Waals surface area contributed by atoms with E-state index in [4.69, 9.17) is 16.3 Å². The number of benzene rings is 2. The molecule has 0 bridgehead atoms. The monoisotopic (exact) mass is 331 g/mol. The van der Waals surface area contributed by atoms with Gasteiger partial charge >= 0.3 is 0 Å². The largest absolute Gasteiger partial charge is 0.457 e. The summed E-state index contributed by atoms with van der Waals surface area (Å²) in [4.78, 5) is 11.2. The molecule has 0 fully saturated rings. The van der Waals surface area contributed by atoms with E-state index in [-0.39, 0.29) is 5.91 Å². The summed E-state index contributed by atoms with van der Waals surface area (Å²) in [5, 5.41) is 3.60. The molecule has 1 atom stereocenters. The fourth-order valence-electron chi connectivity index (χ4n) is 2.22. The van der Waals surface area contributed by atoms with Crippen LogP contribution in [0.15, 0.2) is 48.5 Å². The third-order valence-corrected chi connectivity index (χ3v) is 3.97. The Hall–Kier alpha value is -2.00. The van der Waals surface area contributed by atoms with Crippen LogP contribution in [0.2, 0.25) is 5.02 Å². The van der Waals surface area contributed by atoms with Gasteiger partial charge in [0.25, 0.3) is 0 Å². The molecule has 0 aliphatic carbocycles. The fourth-order valence-corrected chi connectivity index (χ4v) is 2.35. The van der Waals surface area contributed by atoms with Crippen molar-refractivity contribution >= 4 is 17.5 Å². The van der Waals surface area contributed by atoms with E-state index in [0.717, 1.165) is 17.9 Å². The lowest BCUT2D eigenvalue weighted by molar-refractivity contribution is -0.120. The molecule has 1 unspecified atom stereocenters. The van der Waals surface area contributed by atoms with E-state index < -0.39 is 0 Å². The molecule has 1 amide bonds. The minimum absolute atomic E-state index is 0.101. The molecule has 0 radical (unpaired) electrons. The smallest absolute Gasteiger partial charge is 0.219 e. The van der Waals surface area contributed by atoms with Gasteiger partial charge in [0, 0.05) is 18.0 Å². The molecule has 0 saturated heterocycles. The summed E-state index contributed by atoms with van der Waals surface area (Å²) < 4.78 is 5.78. The summed E-state index contributed by atoms with van der Waals surface area (Å²) in [6.07, 6.45) is 1.45. The van der Waals surface area contributed by atoms with Gasteiger partial charge < -0.3 is 10.1 Å². The summed E-state index contributed by atoms with van der Waals surface area (Å²) in [6.45, 7) is 4.72. The number of rotatable bonds is 7. The van der Waals surface area contributed by atoms with Gasteiger partial charge in [0.15, 0.2) is 0 Å². The van der Waals surface area contributed by atoms with Crippen LogP contribution in [0.3, 0.4) is 0 Å². The molecule has 0 saturated carbocycles. The van der Waals surface area contributed by atoms with Crippen molar-refractivity contribution in [2.24, 2.45) is 0 Å². The highest BCUT2D eigenvalue weighted by Gasteiger charge is 2.07. The zero-order valence-corrected chi connectivity index (χ0v) is 14.3. The molecule has 0 aliphatic heterocycles. The van der Waals surface area contributed by atoms with E-state index in [1.165, 1.54) is 5.56 Å². The summed E-state index contributed by atoms with van der Waals surface area (Å²) in [5.74, 6) is 2.04. The number of hydrogen-bond donors (Lipinski definition) is 1. The molecule has 2 rings (SSSR count). The van der Waals surface area contributed by atoms with E-state index in [9.17, 15) is 4.79 Å². The number of hydrogen-bond acceptors (Lipinski definition) is 2. The van der Waals surface area contributed by atoms with Crippen molar-refractivity contribution in [1.29, 1.82) is 0 Å². The Morgan fingerprint density at radius 3 is 2.22 bits per heavy atom. The van der Waals surface area contributed by atoms with Gasteiger partial charge in [-0.05, 0) is 54.3 Å². The SMILES string of the molecule is CCC(=O)NCCC(C)c1ccc(Oc2ccc(Cl)cc2)cc1. The van der Waals surface area contributed by atoms with Gasteiger partial charge in [-0.2, -0.15) is 0 Å². The molecule has 2 aromatic carbocycles. The second-order valence-electron chi connectivity index (χ2n) is 5.52. The third kappa shape index (κ3) is 5.61. The minimum Gasteiger partial charge on any atom is -0.457 e. The highest BCUT2D eigenvalue weighted by molar-refractivity contribution is 6.30. The van der Waals surface area contributed by atoms with Crippen molar-refractivity contribution in [3.8, 4) is 11.5 Å². The van der Waals surface area contributed by atoms with E-state index in [2.05, 4.69) is 24.4 Å². The topological polar surface area (TPSA) is 38.3 Å². The Balaban J connectivity index is 1.88. The van der Waals surface area contributed by atoms with Gasteiger partial charge in [0.1, 0.15) is 11.5 Å². The van der Waals surface area contributed by atoms with Crippen LogP contribution in [0.25, 0.3) is 0 Å². The first-order valence-corrected chi connectivity index (χ1v) is 8.26. The molecule has 0 aromatic heterocycles. The van der Waals surface area contributed by atoms with E-state index in [0.29, 0.717) is 23.9 Å². The molecule has 0 heterocycles. The summed E-state index contributed by atoms with van der Waals surface area (Å²) >= 11 is 5.86. The molecule has 122 valence electrons. The van der Waals surface area contributed by atoms with Crippen molar-refractivity contribution in [2.75, 3.05) is 6.54 Å². The van der Waals surface area contributed by atoms with Crippen molar-refractivity contribution in [1.82, 2.24) is 5.32 Å². The zero-order chi connectivity index (χ0) is 16.7. The highest BCUT2D eigenvalue weighted by Crippen LogP contribution is 2.26. The predicted molar refractivity (Wildman–Crippen MR) is 94.3 cm³/mol. The van der Waals surface area contributed by atoms with E-state index in [1.54, 1.807) is 12.1 Å². The zero-order valence-electron chi connectivity index (χ0n) is 13.5. The standard InChI is InChI=1S/C19H22ClNO2/c1-3-19(22)21-13-12-14(2)15-4-8-17(9-5-15)23-18-10-6-16(20)7-11-18/h4-11,14H,3,12-13H2,1-2H3,(H,21,22). The van der Waals surface area contributed by atoms with Gasteiger partial charge in [0.2, 0.25) is 5.91 Å². The lowest BCUT2D eigenvalue weighted by Crippen LogP contribution is -2.24. The Morgan fingerprint density at radius 1 is 1.09 bits per heavy atom. The van der Waals surface area contributed by atoms with Crippen LogP contribution < -0.4 is 10.1 Å². The molecule has 1 N–H and O–H groups in total. The summed E-state index contributed by atoms with van der Waals surface area (Å²) in [7, 11) is 0. The van der Waals surface area contributed by atoms with Crippen LogP contribution in [0.5, 0.6) is 11.5 Å². The maximum absolute atomic E-state index is 11.2. The average molecular weight is 332 g/mol. The molecule has 3 nitrogen and oxygen atoms in total. The lowest BCUT2D eigenvalue weighted by atomic mass is 9.98. The van der Waals surface area contributed by atoms with Crippen molar-refractivity contribution in [3.05, 3.63) is 59.1 Å². The quantitative estimate of drug-likeness (QED) is 0.761. The average Bonchev–Trinajstić information content (AvgIpc) is 2.57. The third-order valence-electron chi connectivity index (χ3n) is 3.72. The van der Waals surface area contributed by atoms with Gasteiger partial charge in [-0.3, -0.25) is 4.79 Å². The Bertz CT molecular complexity index is 623. The van der Waals surface area contributed by atoms with Crippen LogP contribution in [0.1, 0.15) is 38.2 Å². The van der Waals surface area contributed by atoms with Gasteiger partial charge in [0.05, 0.1) is 0 Å². The molecular weight excluding hydrogens is 310 g/mol. The van der Waals surface area contributed by atoms with Crippen LogP contribution >= 0.6 is 11.6 Å². The summed E-state index contributed by atoms with van der Waals surface area (Å²) in [6, 6.07) is 15.4. The van der Waals surface area contributed by atoms with E-state index in [1.807, 2.05) is 31.2 Å². The van der Waals surface area contributed by atoms with Crippen molar-refractivity contribution < 1.29 is 9.53 Å². The number of halogens is 1. The molecule has 0 spiro atoms. The normalized spacial score (nSPS) is 11.8. The van der Waals surface area contributed by atoms with Crippen molar-refractivity contribution in [2.45, 2.75) is 32.6 Å². The number of carbonyl (C=O) groups excluding carboxylic acids is 1. The van der Waals surface area contributed by atoms with Gasteiger partial charge in [-0.15, -0.1) is 0 Å². The summed E-state index contributed by atoms with van der Waals surface area (Å²) in [5.41, 5.74) is 1.24. The lowest BCUT2D eigenvalue weighted by Gasteiger charge is -2.13. The first kappa shape index (κ1) is 17.4. The van der Waals surface area contributed by atoms with E-state index >= 15 is 0 Å². The van der Waals surface area contributed by atoms with Gasteiger partial charge in [-0.25, -0.2) is 0 Å².